The van der Waals surface area contributed by atoms with Gasteiger partial charge in [0.1, 0.15) is 18.2 Å². The van der Waals surface area contributed by atoms with E-state index in [0.717, 1.165) is 0 Å². The van der Waals surface area contributed by atoms with Crippen LogP contribution in [0.5, 0.6) is 5.75 Å². The Kier molecular flexibility index (Phi) is 4.10. The number of aromatic carboxylic acids is 1. The zero-order valence-electron chi connectivity index (χ0n) is 10.3. The summed E-state index contributed by atoms with van der Waals surface area (Å²) in [6, 6.07) is 8.65. The molecule has 0 aliphatic heterocycles. The third-order valence-electron chi connectivity index (χ3n) is 2.68. The summed E-state index contributed by atoms with van der Waals surface area (Å²) in [5.41, 5.74) is 6.22. The van der Waals surface area contributed by atoms with Gasteiger partial charge in [-0.05, 0) is 18.2 Å². The van der Waals surface area contributed by atoms with Gasteiger partial charge in [-0.15, -0.1) is 0 Å². The van der Waals surface area contributed by atoms with Crippen LogP contribution in [0.4, 0.5) is 10.1 Å². The zero-order chi connectivity index (χ0) is 14.7. The Balaban J connectivity index is 2.21. The largest absolute Gasteiger partial charge is 0.489 e. The fraction of sp³-hybridized carbons (Fsp3) is 0.0714. The van der Waals surface area contributed by atoms with Crippen LogP contribution in [-0.4, -0.2) is 11.1 Å². The minimum atomic E-state index is -1.13. The van der Waals surface area contributed by atoms with Crippen LogP contribution >= 0.6 is 11.6 Å². The van der Waals surface area contributed by atoms with Crippen LogP contribution in [-0.2, 0) is 6.61 Å². The van der Waals surface area contributed by atoms with Gasteiger partial charge in [-0.1, -0.05) is 23.7 Å². The lowest BCUT2D eigenvalue weighted by Crippen LogP contribution is -2.09. The molecule has 0 radical (unpaired) electrons. The van der Waals surface area contributed by atoms with E-state index in [1.807, 2.05) is 0 Å². The molecule has 0 fully saturated rings. The van der Waals surface area contributed by atoms with Crippen molar-refractivity contribution < 1.29 is 19.0 Å². The van der Waals surface area contributed by atoms with Gasteiger partial charge in [-0.3, -0.25) is 0 Å². The first-order chi connectivity index (χ1) is 9.49. The van der Waals surface area contributed by atoms with E-state index in [0.29, 0.717) is 11.3 Å². The first-order valence-electron chi connectivity index (χ1n) is 5.67. The lowest BCUT2D eigenvalue weighted by atomic mass is 10.1. The number of anilines is 1. The molecule has 0 spiro atoms. The molecule has 0 saturated carbocycles. The Hall–Kier alpha value is -2.27. The first-order valence-corrected chi connectivity index (χ1v) is 6.05. The number of carboxylic acid groups (broad SMARTS) is 1. The summed E-state index contributed by atoms with van der Waals surface area (Å²) in [4.78, 5) is 11.1. The third kappa shape index (κ3) is 3.00. The topological polar surface area (TPSA) is 72.5 Å². The van der Waals surface area contributed by atoms with E-state index < -0.39 is 11.8 Å². The second-order valence-electron chi connectivity index (χ2n) is 4.05. The minimum Gasteiger partial charge on any atom is -0.489 e. The lowest BCUT2D eigenvalue weighted by molar-refractivity contribution is 0.0695. The van der Waals surface area contributed by atoms with Gasteiger partial charge in [0.25, 0.3) is 0 Å². The summed E-state index contributed by atoms with van der Waals surface area (Å²) in [6.45, 7) is -0.00532. The molecule has 6 heteroatoms. The maximum atomic E-state index is 13.0. The van der Waals surface area contributed by atoms with Crippen molar-refractivity contribution >= 4 is 23.3 Å². The Labute approximate surface area is 119 Å². The van der Waals surface area contributed by atoms with Crippen LogP contribution in [0.25, 0.3) is 0 Å². The number of nitrogens with two attached hydrogens (primary N) is 1. The van der Waals surface area contributed by atoms with Gasteiger partial charge < -0.3 is 15.6 Å². The van der Waals surface area contributed by atoms with E-state index in [4.69, 9.17) is 27.2 Å². The molecule has 0 atom stereocenters. The first kappa shape index (κ1) is 14.1. The average Bonchev–Trinajstić information content (AvgIpc) is 2.39. The molecule has 0 aliphatic rings. The standard InChI is InChI=1S/C14H11ClFNO3/c15-10-6-9(4-5-11(10)16)20-7-8-2-1-3-12(17)13(8)14(18)19/h1-6H,7,17H2,(H,18,19). The van der Waals surface area contributed by atoms with Gasteiger partial charge in [-0.2, -0.15) is 0 Å². The van der Waals surface area contributed by atoms with Crippen molar-refractivity contribution in [1.29, 1.82) is 0 Å². The highest BCUT2D eigenvalue weighted by Gasteiger charge is 2.14. The summed E-state index contributed by atoms with van der Waals surface area (Å²) in [5.74, 6) is -1.33. The number of ether oxygens (including phenoxy) is 1. The molecule has 2 rings (SSSR count). The SMILES string of the molecule is Nc1cccc(COc2ccc(F)c(Cl)c2)c1C(=O)O. The van der Waals surface area contributed by atoms with Gasteiger partial charge in [0.2, 0.25) is 0 Å². The van der Waals surface area contributed by atoms with E-state index >= 15 is 0 Å². The predicted molar refractivity (Wildman–Crippen MR) is 73.6 cm³/mol. The number of nitrogen functional groups attached to an aromatic ring is 1. The summed E-state index contributed by atoms with van der Waals surface area (Å²) >= 11 is 5.63. The maximum Gasteiger partial charge on any atom is 0.338 e. The molecule has 20 heavy (non-hydrogen) atoms. The van der Waals surface area contributed by atoms with Crippen LogP contribution in [0, 0.1) is 5.82 Å². The molecule has 0 amide bonds. The number of benzene rings is 2. The van der Waals surface area contributed by atoms with E-state index in [1.54, 1.807) is 12.1 Å². The highest BCUT2D eigenvalue weighted by atomic mass is 35.5. The van der Waals surface area contributed by atoms with Crippen LogP contribution < -0.4 is 10.5 Å². The fourth-order valence-corrected chi connectivity index (χ4v) is 1.90. The van der Waals surface area contributed by atoms with Crippen molar-refractivity contribution in [1.82, 2.24) is 0 Å². The quantitative estimate of drug-likeness (QED) is 0.849. The molecule has 0 heterocycles. The summed E-state index contributed by atoms with van der Waals surface area (Å²) in [6.07, 6.45) is 0. The predicted octanol–water partition coefficient (Wildman–Crippen LogP) is 3.34. The van der Waals surface area contributed by atoms with Crippen molar-refractivity contribution in [2.24, 2.45) is 0 Å². The van der Waals surface area contributed by atoms with Crippen molar-refractivity contribution in [3.05, 3.63) is 58.4 Å². The number of carbonyl (C=O) groups is 1. The highest BCUT2D eigenvalue weighted by molar-refractivity contribution is 6.30. The van der Waals surface area contributed by atoms with Crippen molar-refractivity contribution in [3.63, 3.8) is 0 Å². The number of halogens is 2. The smallest absolute Gasteiger partial charge is 0.338 e. The molecule has 104 valence electrons. The minimum absolute atomic E-state index is 0.000656. The molecule has 0 aliphatic carbocycles. The highest BCUT2D eigenvalue weighted by Crippen LogP contribution is 2.23. The summed E-state index contributed by atoms with van der Waals surface area (Å²) < 4.78 is 18.4. The van der Waals surface area contributed by atoms with Gasteiger partial charge in [0.15, 0.2) is 0 Å². The van der Waals surface area contributed by atoms with Gasteiger partial charge in [-0.25, -0.2) is 9.18 Å². The normalized spacial score (nSPS) is 10.3. The number of hydrogen-bond donors (Lipinski definition) is 2. The molecule has 0 bridgehead atoms. The van der Waals surface area contributed by atoms with E-state index in [1.165, 1.54) is 24.3 Å². The molecule has 2 aromatic rings. The lowest BCUT2D eigenvalue weighted by Gasteiger charge is -2.10. The second-order valence-corrected chi connectivity index (χ2v) is 4.46. The molecule has 4 nitrogen and oxygen atoms in total. The van der Waals surface area contributed by atoms with Crippen molar-refractivity contribution in [2.75, 3.05) is 5.73 Å². The van der Waals surface area contributed by atoms with E-state index in [2.05, 4.69) is 0 Å². The Morgan fingerprint density at radius 1 is 1.35 bits per heavy atom. The van der Waals surface area contributed by atoms with Crippen molar-refractivity contribution in [3.8, 4) is 5.75 Å². The molecular formula is C14H11ClFNO3. The van der Waals surface area contributed by atoms with E-state index in [9.17, 15) is 9.18 Å². The Morgan fingerprint density at radius 3 is 2.75 bits per heavy atom. The number of carboxylic acids is 1. The molecular weight excluding hydrogens is 285 g/mol. The Bertz CT molecular complexity index is 661. The zero-order valence-corrected chi connectivity index (χ0v) is 11.0. The molecule has 2 aromatic carbocycles. The number of rotatable bonds is 4. The van der Waals surface area contributed by atoms with Crippen LogP contribution in [0.15, 0.2) is 36.4 Å². The van der Waals surface area contributed by atoms with E-state index in [-0.39, 0.29) is 22.9 Å². The second kappa shape index (κ2) is 5.79. The van der Waals surface area contributed by atoms with Gasteiger partial charge >= 0.3 is 5.97 Å². The monoisotopic (exact) mass is 295 g/mol. The van der Waals surface area contributed by atoms with Crippen LogP contribution in [0.2, 0.25) is 5.02 Å². The summed E-state index contributed by atoms with van der Waals surface area (Å²) in [5, 5.41) is 9.06. The molecule has 3 N–H and O–H groups in total. The Morgan fingerprint density at radius 2 is 2.10 bits per heavy atom. The van der Waals surface area contributed by atoms with Crippen LogP contribution in [0.3, 0.4) is 0 Å². The molecule has 0 aromatic heterocycles. The van der Waals surface area contributed by atoms with Crippen molar-refractivity contribution in [2.45, 2.75) is 6.61 Å². The maximum absolute atomic E-state index is 13.0. The fourth-order valence-electron chi connectivity index (χ4n) is 1.73. The molecule has 0 unspecified atom stereocenters. The van der Waals surface area contributed by atoms with Gasteiger partial charge in [0.05, 0.1) is 10.6 Å². The number of hydrogen-bond acceptors (Lipinski definition) is 3. The van der Waals surface area contributed by atoms with Crippen LogP contribution in [0.1, 0.15) is 15.9 Å². The third-order valence-corrected chi connectivity index (χ3v) is 2.97. The van der Waals surface area contributed by atoms with Gasteiger partial charge in [0, 0.05) is 17.3 Å². The average molecular weight is 296 g/mol. The molecule has 0 saturated heterocycles. The summed E-state index contributed by atoms with van der Waals surface area (Å²) in [7, 11) is 0.